The summed E-state index contributed by atoms with van der Waals surface area (Å²) in [5.41, 5.74) is 2.17. The zero-order valence-electron chi connectivity index (χ0n) is 18.7. The van der Waals surface area contributed by atoms with Crippen LogP contribution < -0.4 is 10.0 Å². The lowest BCUT2D eigenvalue weighted by Crippen LogP contribution is -2.48. The molecule has 3 rings (SSSR count). The second kappa shape index (κ2) is 9.69. The van der Waals surface area contributed by atoms with E-state index in [1.807, 2.05) is 12.1 Å². The summed E-state index contributed by atoms with van der Waals surface area (Å²) in [7, 11) is -3.27. The first-order valence-electron chi connectivity index (χ1n) is 11.3. The Balaban J connectivity index is 1.50. The molecular formula is C23H37N3O3S. The highest BCUT2D eigenvalue weighted by molar-refractivity contribution is 7.90. The van der Waals surface area contributed by atoms with Crippen LogP contribution in [0.4, 0.5) is 10.5 Å². The highest BCUT2D eigenvalue weighted by Gasteiger charge is 2.28. The number of benzene rings is 1. The van der Waals surface area contributed by atoms with Gasteiger partial charge in [0.15, 0.2) is 0 Å². The number of nitrogens with one attached hydrogen (secondary N) is 2. The van der Waals surface area contributed by atoms with Crippen LogP contribution in [-0.2, 0) is 10.0 Å². The second-order valence-corrected chi connectivity index (χ2v) is 11.9. The van der Waals surface area contributed by atoms with Crippen LogP contribution in [0.15, 0.2) is 24.3 Å². The molecule has 2 unspecified atom stereocenters. The zero-order chi connectivity index (χ0) is 21.9. The summed E-state index contributed by atoms with van der Waals surface area (Å²) in [5, 5.41) is 2.55. The normalized spacial score (nSPS) is 26.0. The molecule has 7 heteroatoms. The van der Waals surface area contributed by atoms with E-state index in [1.165, 1.54) is 24.8 Å². The Hall–Kier alpha value is -1.60. The van der Waals surface area contributed by atoms with Crippen molar-refractivity contribution in [3.8, 4) is 0 Å². The molecule has 168 valence electrons. The summed E-state index contributed by atoms with van der Waals surface area (Å²) in [6, 6.07) is 8.09. The third kappa shape index (κ3) is 5.97. The van der Waals surface area contributed by atoms with Crippen molar-refractivity contribution in [2.75, 3.05) is 18.4 Å². The summed E-state index contributed by atoms with van der Waals surface area (Å²) in [6.07, 6.45) is 5.07. The molecule has 1 aliphatic heterocycles. The standard InChI is InChI=1S/C23H37N3O3S/c1-16(2)30(28,29)25-22-9-11-26(12-10-22)23(27)24-21-7-5-19(6-8-21)20-14-17(3)13-18(4)15-20/h5-8,16-18,20,22,25H,9-15H2,1-4H3,(H,24,27). The van der Waals surface area contributed by atoms with E-state index in [9.17, 15) is 13.2 Å². The monoisotopic (exact) mass is 435 g/mol. The van der Waals surface area contributed by atoms with Crippen molar-refractivity contribution in [1.82, 2.24) is 9.62 Å². The van der Waals surface area contributed by atoms with Gasteiger partial charge in [0.05, 0.1) is 5.25 Å². The molecule has 1 aliphatic carbocycles. The molecule has 6 nitrogen and oxygen atoms in total. The SMILES string of the molecule is CC1CC(C)CC(c2ccc(NC(=O)N3CCC(NS(=O)(=O)C(C)C)CC3)cc2)C1. The average molecular weight is 436 g/mol. The molecular weight excluding hydrogens is 398 g/mol. The van der Waals surface area contributed by atoms with Crippen LogP contribution in [0, 0.1) is 11.8 Å². The maximum absolute atomic E-state index is 12.6. The van der Waals surface area contributed by atoms with Crippen molar-refractivity contribution in [1.29, 1.82) is 0 Å². The van der Waals surface area contributed by atoms with Gasteiger partial charge < -0.3 is 10.2 Å². The van der Waals surface area contributed by atoms with Crippen LogP contribution in [0.5, 0.6) is 0 Å². The molecule has 1 saturated carbocycles. The zero-order valence-corrected chi connectivity index (χ0v) is 19.5. The Morgan fingerprint density at radius 2 is 1.57 bits per heavy atom. The molecule has 2 atom stereocenters. The molecule has 2 fully saturated rings. The largest absolute Gasteiger partial charge is 0.324 e. The Labute approximate surface area is 181 Å². The van der Waals surface area contributed by atoms with Gasteiger partial charge in [-0.25, -0.2) is 17.9 Å². The molecule has 0 spiro atoms. The maximum atomic E-state index is 12.6. The number of amides is 2. The van der Waals surface area contributed by atoms with Crippen LogP contribution in [0.2, 0.25) is 0 Å². The van der Waals surface area contributed by atoms with E-state index in [2.05, 4.69) is 36.0 Å². The number of sulfonamides is 1. The van der Waals surface area contributed by atoms with Crippen LogP contribution in [0.1, 0.15) is 71.3 Å². The summed E-state index contributed by atoms with van der Waals surface area (Å²) in [5.74, 6) is 2.15. The molecule has 0 aromatic heterocycles. The molecule has 2 N–H and O–H groups in total. The average Bonchev–Trinajstić information content (AvgIpc) is 2.68. The lowest BCUT2D eigenvalue weighted by molar-refractivity contribution is 0.193. The van der Waals surface area contributed by atoms with Gasteiger partial charge in [0.1, 0.15) is 0 Å². The minimum Gasteiger partial charge on any atom is -0.324 e. The van der Waals surface area contributed by atoms with Gasteiger partial charge in [0, 0.05) is 24.8 Å². The van der Waals surface area contributed by atoms with Crippen molar-refractivity contribution < 1.29 is 13.2 Å². The minimum atomic E-state index is -3.27. The molecule has 2 amide bonds. The third-order valence-corrected chi connectivity index (χ3v) is 8.45. The molecule has 1 aromatic rings. The van der Waals surface area contributed by atoms with E-state index in [1.54, 1.807) is 18.7 Å². The summed E-state index contributed by atoms with van der Waals surface area (Å²) >= 11 is 0. The Morgan fingerprint density at radius 1 is 1.00 bits per heavy atom. The van der Waals surface area contributed by atoms with Gasteiger partial charge in [-0.05, 0) is 81.4 Å². The first kappa shape index (κ1) is 23.1. The first-order chi connectivity index (χ1) is 14.1. The van der Waals surface area contributed by atoms with Gasteiger partial charge >= 0.3 is 6.03 Å². The van der Waals surface area contributed by atoms with Crippen LogP contribution in [0.3, 0.4) is 0 Å². The van der Waals surface area contributed by atoms with Crippen molar-refractivity contribution >= 4 is 21.7 Å². The fourth-order valence-corrected chi connectivity index (χ4v) is 5.80. The number of nitrogens with zero attached hydrogens (tertiary/aromatic N) is 1. The van der Waals surface area contributed by atoms with Crippen molar-refractivity contribution in [3.05, 3.63) is 29.8 Å². The molecule has 0 bridgehead atoms. The van der Waals surface area contributed by atoms with Crippen molar-refractivity contribution in [3.63, 3.8) is 0 Å². The number of carbonyl (C=O) groups excluding carboxylic acids is 1. The number of carbonyl (C=O) groups is 1. The van der Waals surface area contributed by atoms with E-state index >= 15 is 0 Å². The predicted molar refractivity (Wildman–Crippen MR) is 122 cm³/mol. The Morgan fingerprint density at radius 3 is 2.10 bits per heavy atom. The van der Waals surface area contributed by atoms with E-state index in [0.717, 1.165) is 17.5 Å². The number of hydrogen-bond acceptors (Lipinski definition) is 3. The smallest absolute Gasteiger partial charge is 0.321 e. The molecule has 1 aromatic carbocycles. The summed E-state index contributed by atoms with van der Waals surface area (Å²) in [6.45, 7) is 9.12. The summed E-state index contributed by atoms with van der Waals surface area (Å²) < 4.78 is 26.8. The highest BCUT2D eigenvalue weighted by atomic mass is 32.2. The van der Waals surface area contributed by atoms with Gasteiger partial charge in [0.2, 0.25) is 10.0 Å². The first-order valence-corrected chi connectivity index (χ1v) is 12.9. The predicted octanol–water partition coefficient (Wildman–Crippen LogP) is 4.55. The van der Waals surface area contributed by atoms with E-state index < -0.39 is 15.3 Å². The molecule has 2 aliphatic rings. The van der Waals surface area contributed by atoms with Crippen LogP contribution in [-0.4, -0.2) is 43.7 Å². The molecule has 1 saturated heterocycles. The number of piperidine rings is 1. The highest BCUT2D eigenvalue weighted by Crippen LogP contribution is 2.39. The van der Waals surface area contributed by atoms with E-state index in [-0.39, 0.29) is 12.1 Å². The number of likely N-dealkylation sites (tertiary alicyclic amines) is 1. The molecule has 0 radical (unpaired) electrons. The number of anilines is 1. The Kier molecular flexibility index (Phi) is 7.45. The summed E-state index contributed by atoms with van der Waals surface area (Å²) in [4.78, 5) is 14.4. The van der Waals surface area contributed by atoms with Gasteiger partial charge in [0.25, 0.3) is 0 Å². The van der Waals surface area contributed by atoms with Gasteiger partial charge in [-0.2, -0.15) is 0 Å². The number of urea groups is 1. The number of rotatable bonds is 5. The van der Waals surface area contributed by atoms with Crippen LogP contribution in [0.25, 0.3) is 0 Å². The molecule has 30 heavy (non-hydrogen) atoms. The van der Waals surface area contributed by atoms with E-state index in [0.29, 0.717) is 31.8 Å². The van der Waals surface area contributed by atoms with Gasteiger partial charge in [-0.1, -0.05) is 26.0 Å². The maximum Gasteiger partial charge on any atom is 0.321 e. The van der Waals surface area contributed by atoms with Crippen LogP contribution >= 0.6 is 0 Å². The lowest BCUT2D eigenvalue weighted by Gasteiger charge is -2.33. The number of hydrogen-bond donors (Lipinski definition) is 2. The van der Waals surface area contributed by atoms with Gasteiger partial charge in [-0.3, -0.25) is 0 Å². The third-order valence-electron chi connectivity index (χ3n) is 6.55. The fraction of sp³-hybridized carbons (Fsp3) is 0.696. The topological polar surface area (TPSA) is 78.5 Å². The minimum absolute atomic E-state index is 0.0963. The lowest BCUT2D eigenvalue weighted by atomic mass is 9.74. The fourth-order valence-electron chi connectivity index (χ4n) is 4.83. The van der Waals surface area contributed by atoms with Gasteiger partial charge in [-0.15, -0.1) is 0 Å². The van der Waals surface area contributed by atoms with Crippen molar-refractivity contribution in [2.45, 2.75) is 77.0 Å². The Bertz CT molecular complexity index is 805. The molecule has 1 heterocycles. The second-order valence-electron chi connectivity index (χ2n) is 9.64. The van der Waals surface area contributed by atoms with E-state index in [4.69, 9.17) is 0 Å². The quantitative estimate of drug-likeness (QED) is 0.712. The van der Waals surface area contributed by atoms with Crippen molar-refractivity contribution in [2.24, 2.45) is 11.8 Å².